The van der Waals surface area contributed by atoms with Crippen LogP contribution in [0.15, 0.2) is 48.5 Å². The SMILES string of the molecule is CC(=O)c1ccc(OCc2ccc(-n3nc(C)cc3C)cc2)cc1F. The van der Waals surface area contributed by atoms with E-state index in [2.05, 4.69) is 5.10 Å². The highest BCUT2D eigenvalue weighted by atomic mass is 19.1. The van der Waals surface area contributed by atoms with E-state index in [0.29, 0.717) is 12.4 Å². The Kier molecular flexibility index (Phi) is 4.65. The standard InChI is InChI=1S/C20H19FN2O2/c1-13-10-14(2)23(22-13)17-6-4-16(5-7-17)12-25-18-8-9-19(15(3)24)20(21)11-18/h4-11H,12H2,1-3H3. The minimum absolute atomic E-state index is 0.0709. The molecule has 0 amide bonds. The third kappa shape index (κ3) is 3.76. The summed E-state index contributed by atoms with van der Waals surface area (Å²) in [5, 5.41) is 4.45. The van der Waals surface area contributed by atoms with Gasteiger partial charge in [0, 0.05) is 11.8 Å². The van der Waals surface area contributed by atoms with Gasteiger partial charge in [-0.1, -0.05) is 12.1 Å². The van der Waals surface area contributed by atoms with Crippen molar-refractivity contribution in [3.8, 4) is 11.4 Å². The fraction of sp³-hybridized carbons (Fsp3) is 0.200. The van der Waals surface area contributed by atoms with E-state index >= 15 is 0 Å². The summed E-state index contributed by atoms with van der Waals surface area (Å²) in [5.41, 5.74) is 4.05. The van der Waals surface area contributed by atoms with Crippen LogP contribution < -0.4 is 4.74 Å². The molecule has 0 atom stereocenters. The van der Waals surface area contributed by atoms with Crippen LogP contribution in [0.25, 0.3) is 5.69 Å². The molecule has 2 aromatic carbocycles. The molecule has 0 fully saturated rings. The Morgan fingerprint density at radius 2 is 1.84 bits per heavy atom. The maximum absolute atomic E-state index is 13.8. The van der Waals surface area contributed by atoms with Gasteiger partial charge >= 0.3 is 0 Å². The Morgan fingerprint density at radius 3 is 2.40 bits per heavy atom. The van der Waals surface area contributed by atoms with E-state index in [1.54, 1.807) is 6.07 Å². The maximum Gasteiger partial charge on any atom is 0.162 e. The van der Waals surface area contributed by atoms with Crippen LogP contribution >= 0.6 is 0 Å². The molecule has 0 unspecified atom stereocenters. The average Bonchev–Trinajstić information content (AvgIpc) is 2.91. The zero-order valence-electron chi connectivity index (χ0n) is 14.4. The van der Waals surface area contributed by atoms with Gasteiger partial charge < -0.3 is 4.74 Å². The summed E-state index contributed by atoms with van der Waals surface area (Å²) in [4.78, 5) is 11.2. The Morgan fingerprint density at radius 1 is 1.12 bits per heavy atom. The number of halogens is 1. The van der Waals surface area contributed by atoms with Crippen molar-refractivity contribution < 1.29 is 13.9 Å². The first-order valence-electron chi connectivity index (χ1n) is 8.00. The van der Waals surface area contributed by atoms with Gasteiger partial charge in [-0.05, 0) is 56.7 Å². The summed E-state index contributed by atoms with van der Waals surface area (Å²) in [6, 6.07) is 14.1. The molecule has 1 aromatic heterocycles. The Balaban J connectivity index is 1.69. The van der Waals surface area contributed by atoms with Gasteiger partial charge in [-0.3, -0.25) is 4.79 Å². The van der Waals surface area contributed by atoms with Crippen LogP contribution in [0.5, 0.6) is 5.75 Å². The molecule has 0 saturated carbocycles. The Hall–Kier alpha value is -2.95. The molecule has 128 valence electrons. The van der Waals surface area contributed by atoms with Gasteiger partial charge in [0.1, 0.15) is 18.2 Å². The number of Topliss-reactive ketones (excluding diaryl/α,β-unsaturated/α-hetero) is 1. The van der Waals surface area contributed by atoms with E-state index in [0.717, 1.165) is 22.6 Å². The van der Waals surface area contributed by atoms with Crippen molar-refractivity contribution >= 4 is 5.78 Å². The molecular formula is C20H19FN2O2. The molecule has 0 bridgehead atoms. The topological polar surface area (TPSA) is 44.1 Å². The number of carbonyl (C=O) groups is 1. The molecule has 0 aliphatic heterocycles. The lowest BCUT2D eigenvalue weighted by Gasteiger charge is -2.09. The smallest absolute Gasteiger partial charge is 0.162 e. The van der Waals surface area contributed by atoms with E-state index in [9.17, 15) is 9.18 Å². The summed E-state index contributed by atoms with van der Waals surface area (Å²) >= 11 is 0. The molecule has 0 saturated heterocycles. The number of hydrogen-bond acceptors (Lipinski definition) is 3. The number of nitrogens with zero attached hydrogens (tertiary/aromatic N) is 2. The Bertz CT molecular complexity index is 914. The fourth-order valence-electron chi connectivity index (χ4n) is 2.66. The van der Waals surface area contributed by atoms with Gasteiger partial charge in [-0.25, -0.2) is 9.07 Å². The zero-order valence-corrected chi connectivity index (χ0v) is 14.4. The molecule has 4 nitrogen and oxygen atoms in total. The number of hydrogen-bond donors (Lipinski definition) is 0. The molecule has 1 heterocycles. The van der Waals surface area contributed by atoms with E-state index in [1.165, 1.54) is 19.1 Å². The fourth-order valence-corrected chi connectivity index (χ4v) is 2.66. The summed E-state index contributed by atoms with van der Waals surface area (Å²) < 4.78 is 21.3. The van der Waals surface area contributed by atoms with Gasteiger partial charge in [0.05, 0.1) is 16.9 Å². The maximum atomic E-state index is 13.8. The van der Waals surface area contributed by atoms with Crippen molar-refractivity contribution in [1.29, 1.82) is 0 Å². The predicted molar refractivity (Wildman–Crippen MR) is 93.8 cm³/mol. The lowest BCUT2D eigenvalue weighted by Crippen LogP contribution is -2.01. The summed E-state index contributed by atoms with van der Waals surface area (Å²) in [6.07, 6.45) is 0. The van der Waals surface area contributed by atoms with Gasteiger partial charge in [-0.2, -0.15) is 5.10 Å². The third-order valence-electron chi connectivity index (χ3n) is 3.92. The molecule has 0 spiro atoms. The van der Waals surface area contributed by atoms with Gasteiger partial charge in [0.25, 0.3) is 0 Å². The summed E-state index contributed by atoms with van der Waals surface area (Å²) in [5.74, 6) is -0.473. The second-order valence-corrected chi connectivity index (χ2v) is 5.99. The van der Waals surface area contributed by atoms with Crippen molar-refractivity contribution in [3.05, 3.63) is 76.9 Å². The van der Waals surface area contributed by atoms with Crippen LogP contribution in [0.1, 0.15) is 34.2 Å². The summed E-state index contributed by atoms with van der Waals surface area (Å²) in [7, 11) is 0. The van der Waals surface area contributed by atoms with Crippen LogP contribution in [0.2, 0.25) is 0 Å². The highest BCUT2D eigenvalue weighted by molar-refractivity contribution is 5.94. The Labute approximate surface area is 145 Å². The van der Waals surface area contributed by atoms with Gasteiger partial charge in [-0.15, -0.1) is 0 Å². The molecule has 0 aliphatic rings. The van der Waals surface area contributed by atoms with Crippen molar-refractivity contribution in [3.63, 3.8) is 0 Å². The lowest BCUT2D eigenvalue weighted by molar-refractivity contribution is 0.101. The zero-order chi connectivity index (χ0) is 18.0. The van der Waals surface area contributed by atoms with E-state index in [1.807, 2.05) is 48.9 Å². The minimum Gasteiger partial charge on any atom is -0.489 e. The van der Waals surface area contributed by atoms with Crippen LogP contribution in [-0.4, -0.2) is 15.6 Å². The number of aryl methyl sites for hydroxylation is 2. The van der Waals surface area contributed by atoms with Gasteiger partial charge in [0.2, 0.25) is 0 Å². The van der Waals surface area contributed by atoms with E-state index in [-0.39, 0.29) is 11.3 Å². The van der Waals surface area contributed by atoms with E-state index < -0.39 is 5.82 Å². The highest BCUT2D eigenvalue weighted by Gasteiger charge is 2.09. The number of aromatic nitrogens is 2. The first kappa shape index (κ1) is 16.9. The summed E-state index contributed by atoms with van der Waals surface area (Å²) in [6.45, 7) is 5.62. The van der Waals surface area contributed by atoms with Crippen molar-refractivity contribution in [1.82, 2.24) is 9.78 Å². The number of carbonyl (C=O) groups excluding carboxylic acids is 1. The van der Waals surface area contributed by atoms with E-state index in [4.69, 9.17) is 4.74 Å². The van der Waals surface area contributed by atoms with Crippen LogP contribution in [0.3, 0.4) is 0 Å². The quantitative estimate of drug-likeness (QED) is 0.647. The average molecular weight is 338 g/mol. The molecule has 5 heteroatoms. The monoisotopic (exact) mass is 338 g/mol. The van der Waals surface area contributed by atoms with Gasteiger partial charge in [0.15, 0.2) is 5.78 Å². The first-order valence-corrected chi connectivity index (χ1v) is 8.00. The second kappa shape index (κ2) is 6.89. The highest BCUT2D eigenvalue weighted by Crippen LogP contribution is 2.19. The lowest BCUT2D eigenvalue weighted by atomic mass is 10.1. The van der Waals surface area contributed by atoms with Crippen LogP contribution in [0, 0.1) is 19.7 Å². The normalized spacial score (nSPS) is 10.7. The molecular weight excluding hydrogens is 319 g/mol. The van der Waals surface area contributed by atoms with Crippen molar-refractivity contribution in [2.24, 2.45) is 0 Å². The van der Waals surface area contributed by atoms with Crippen molar-refractivity contribution in [2.45, 2.75) is 27.4 Å². The van der Waals surface area contributed by atoms with Crippen LogP contribution in [-0.2, 0) is 6.61 Å². The molecule has 3 rings (SSSR count). The molecule has 25 heavy (non-hydrogen) atoms. The predicted octanol–water partition coefficient (Wildman–Crippen LogP) is 4.41. The molecule has 0 aliphatic carbocycles. The van der Waals surface area contributed by atoms with Crippen LogP contribution in [0.4, 0.5) is 4.39 Å². The minimum atomic E-state index is -0.565. The number of ketones is 1. The molecule has 3 aromatic rings. The number of benzene rings is 2. The molecule has 0 radical (unpaired) electrons. The third-order valence-corrected chi connectivity index (χ3v) is 3.92. The second-order valence-electron chi connectivity index (χ2n) is 5.99. The molecule has 0 N–H and O–H groups in total. The largest absolute Gasteiger partial charge is 0.489 e. The number of ether oxygens (including phenoxy) is 1. The van der Waals surface area contributed by atoms with Crippen molar-refractivity contribution in [2.75, 3.05) is 0 Å². The number of rotatable bonds is 5. The first-order chi connectivity index (χ1) is 11.9.